The molecule has 0 saturated carbocycles. The molecule has 158 valence electrons. The van der Waals surface area contributed by atoms with Gasteiger partial charge in [-0.3, -0.25) is 40.5 Å². The Hall–Kier alpha value is -5.00. The molecule has 0 atom stereocenters. The van der Waals surface area contributed by atoms with E-state index < -0.39 is 31.1 Å². The van der Waals surface area contributed by atoms with Gasteiger partial charge in [0.25, 0.3) is 22.7 Å². The Morgan fingerprint density at radius 3 is 1.69 bits per heavy atom. The standard InChI is InChI=1S/C20H10N4O8/c25-21(26)12-3-1-11(2-4-12)7-16-17-8-13(22(27)28)5-6-15(17)20-18(16)9-14(23(29)30)10-19(20)24(31)32/h1-10H. The van der Waals surface area contributed by atoms with Crippen LogP contribution >= 0.6 is 0 Å². The minimum Gasteiger partial charge on any atom is -0.258 e. The van der Waals surface area contributed by atoms with Crippen LogP contribution in [0, 0.1) is 40.5 Å². The molecule has 0 bridgehead atoms. The van der Waals surface area contributed by atoms with Crippen molar-refractivity contribution in [3.63, 3.8) is 0 Å². The monoisotopic (exact) mass is 434 g/mol. The second kappa shape index (κ2) is 7.36. The van der Waals surface area contributed by atoms with Gasteiger partial charge in [0.1, 0.15) is 0 Å². The molecule has 0 N–H and O–H groups in total. The van der Waals surface area contributed by atoms with Gasteiger partial charge in [0, 0.05) is 35.9 Å². The number of nitro benzene ring substituents is 4. The van der Waals surface area contributed by atoms with Gasteiger partial charge in [-0.2, -0.15) is 0 Å². The Morgan fingerprint density at radius 2 is 1.12 bits per heavy atom. The highest BCUT2D eigenvalue weighted by Gasteiger charge is 2.34. The van der Waals surface area contributed by atoms with Gasteiger partial charge in [0.15, 0.2) is 0 Å². The fourth-order valence-electron chi connectivity index (χ4n) is 3.60. The van der Waals surface area contributed by atoms with E-state index in [1.165, 1.54) is 54.6 Å². The molecule has 0 saturated heterocycles. The number of nitrogens with zero attached hydrogens (tertiary/aromatic N) is 4. The van der Waals surface area contributed by atoms with E-state index in [2.05, 4.69) is 0 Å². The first-order valence-corrected chi connectivity index (χ1v) is 8.90. The van der Waals surface area contributed by atoms with E-state index in [0.717, 1.165) is 6.07 Å². The van der Waals surface area contributed by atoms with Gasteiger partial charge in [0.05, 0.1) is 31.3 Å². The average Bonchev–Trinajstić information content (AvgIpc) is 3.06. The summed E-state index contributed by atoms with van der Waals surface area (Å²) in [6, 6.07) is 11.2. The quantitative estimate of drug-likeness (QED) is 0.315. The smallest absolute Gasteiger partial charge is 0.258 e. The summed E-state index contributed by atoms with van der Waals surface area (Å²) in [7, 11) is 0. The van der Waals surface area contributed by atoms with Crippen LogP contribution in [0.15, 0.2) is 54.6 Å². The summed E-state index contributed by atoms with van der Waals surface area (Å²) < 4.78 is 0. The summed E-state index contributed by atoms with van der Waals surface area (Å²) in [6.07, 6.45) is 1.52. The van der Waals surface area contributed by atoms with Crippen molar-refractivity contribution in [2.75, 3.05) is 0 Å². The van der Waals surface area contributed by atoms with Crippen molar-refractivity contribution in [3.8, 4) is 11.1 Å². The van der Waals surface area contributed by atoms with E-state index >= 15 is 0 Å². The predicted molar refractivity (Wildman–Crippen MR) is 112 cm³/mol. The van der Waals surface area contributed by atoms with Crippen molar-refractivity contribution >= 4 is 34.4 Å². The molecule has 32 heavy (non-hydrogen) atoms. The van der Waals surface area contributed by atoms with Crippen LogP contribution in [0.4, 0.5) is 22.7 Å². The molecule has 0 aliphatic heterocycles. The van der Waals surface area contributed by atoms with Crippen LogP contribution in [0.3, 0.4) is 0 Å². The zero-order valence-electron chi connectivity index (χ0n) is 15.8. The van der Waals surface area contributed by atoms with Gasteiger partial charge < -0.3 is 0 Å². The molecule has 0 radical (unpaired) electrons. The normalized spacial score (nSPS) is 12.8. The summed E-state index contributed by atoms with van der Waals surface area (Å²) in [4.78, 5) is 42.5. The highest BCUT2D eigenvalue weighted by atomic mass is 16.6. The third-order valence-corrected chi connectivity index (χ3v) is 4.99. The largest absolute Gasteiger partial charge is 0.284 e. The van der Waals surface area contributed by atoms with E-state index in [-0.39, 0.29) is 28.1 Å². The number of hydrogen-bond donors (Lipinski definition) is 0. The number of nitro groups is 4. The summed E-state index contributed by atoms with van der Waals surface area (Å²) >= 11 is 0. The Morgan fingerprint density at radius 1 is 0.562 bits per heavy atom. The molecule has 0 spiro atoms. The lowest BCUT2D eigenvalue weighted by molar-refractivity contribution is -0.393. The molecule has 12 nitrogen and oxygen atoms in total. The minimum atomic E-state index is -0.762. The maximum absolute atomic E-state index is 11.7. The van der Waals surface area contributed by atoms with E-state index in [1.54, 1.807) is 0 Å². The topological polar surface area (TPSA) is 173 Å². The van der Waals surface area contributed by atoms with Crippen molar-refractivity contribution in [1.82, 2.24) is 0 Å². The Bertz CT molecular complexity index is 1380. The van der Waals surface area contributed by atoms with Crippen LogP contribution in [0.1, 0.15) is 16.7 Å². The second-order valence-electron chi connectivity index (χ2n) is 6.80. The number of non-ortho nitro benzene ring substituents is 3. The molecule has 0 amide bonds. The van der Waals surface area contributed by atoms with Crippen LogP contribution in [0.25, 0.3) is 22.8 Å². The molecule has 0 heterocycles. The van der Waals surface area contributed by atoms with Gasteiger partial charge in [-0.1, -0.05) is 0 Å². The fraction of sp³-hybridized carbons (Fsp3) is 0. The van der Waals surface area contributed by atoms with Crippen LogP contribution in [-0.2, 0) is 0 Å². The molecule has 1 aliphatic rings. The first-order chi connectivity index (χ1) is 15.2. The maximum Gasteiger partial charge on any atom is 0.284 e. The van der Waals surface area contributed by atoms with Crippen molar-refractivity contribution in [1.29, 1.82) is 0 Å². The Kier molecular flexibility index (Phi) is 4.66. The third-order valence-electron chi connectivity index (χ3n) is 4.99. The number of hydrogen-bond acceptors (Lipinski definition) is 8. The van der Waals surface area contributed by atoms with Crippen LogP contribution in [-0.4, -0.2) is 19.7 Å². The maximum atomic E-state index is 11.7. The first-order valence-electron chi connectivity index (χ1n) is 8.90. The molecule has 3 aromatic carbocycles. The molecular weight excluding hydrogens is 424 g/mol. The summed E-state index contributed by atoms with van der Waals surface area (Å²) in [5.74, 6) is 0. The van der Waals surface area contributed by atoms with Crippen LogP contribution in [0.2, 0.25) is 0 Å². The van der Waals surface area contributed by atoms with Crippen LogP contribution in [0.5, 0.6) is 0 Å². The lowest BCUT2D eigenvalue weighted by atomic mass is 10.00. The fourth-order valence-corrected chi connectivity index (χ4v) is 3.60. The Balaban J connectivity index is 2.03. The van der Waals surface area contributed by atoms with Gasteiger partial charge >= 0.3 is 0 Å². The average molecular weight is 434 g/mol. The van der Waals surface area contributed by atoms with E-state index in [1.807, 2.05) is 0 Å². The Labute approximate surface area is 177 Å². The van der Waals surface area contributed by atoms with E-state index in [4.69, 9.17) is 0 Å². The van der Waals surface area contributed by atoms with Gasteiger partial charge in [-0.25, -0.2) is 0 Å². The highest BCUT2D eigenvalue weighted by Crippen LogP contribution is 2.51. The molecule has 1 aliphatic carbocycles. The van der Waals surface area contributed by atoms with E-state index in [9.17, 15) is 40.5 Å². The van der Waals surface area contributed by atoms with Crippen molar-refractivity contribution in [3.05, 3.63) is 112 Å². The third kappa shape index (κ3) is 3.31. The van der Waals surface area contributed by atoms with E-state index in [0.29, 0.717) is 16.7 Å². The van der Waals surface area contributed by atoms with Gasteiger partial charge in [0.2, 0.25) is 0 Å². The number of fused-ring (bicyclic) bond motifs is 3. The lowest BCUT2D eigenvalue weighted by Crippen LogP contribution is -1.96. The molecule has 3 aromatic rings. The molecule has 12 heteroatoms. The van der Waals surface area contributed by atoms with Crippen LogP contribution < -0.4 is 0 Å². The van der Waals surface area contributed by atoms with Gasteiger partial charge in [-0.05, 0) is 46.5 Å². The second-order valence-corrected chi connectivity index (χ2v) is 6.80. The lowest BCUT2D eigenvalue weighted by Gasteiger charge is -2.04. The summed E-state index contributed by atoms with van der Waals surface area (Å²) in [5, 5.41) is 45.2. The zero-order valence-corrected chi connectivity index (χ0v) is 15.8. The number of rotatable bonds is 5. The molecular formula is C20H10N4O8. The first kappa shape index (κ1) is 20.3. The predicted octanol–water partition coefficient (Wildman–Crippen LogP) is 4.89. The summed E-state index contributed by atoms with van der Waals surface area (Å²) in [5.41, 5.74) is 0.215. The van der Waals surface area contributed by atoms with Crippen molar-refractivity contribution in [2.24, 2.45) is 0 Å². The molecule has 0 unspecified atom stereocenters. The number of benzene rings is 3. The minimum absolute atomic E-state index is 0.110. The zero-order chi connectivity index (χ0) is 23.2. The highest BCUT2D eigenvalue weighted by molar-refractivity contribution is 6.09. The summed E-state index contributed by atoms with van der Waals surface area (Å²) in [6.45, 7) is 0. The van der Waals surface area contributed by atoms with Crippen molar-refractivity contribution < 1.29 is 19.7 Å². The molecule has 4 rings (SSSR count). The molecule has 0 fully saturated rings. The molecule has 0 aromatic heterocycles. The SMILES string of the molecule is O=[N+]([O-])c1ccc(C=C2c3cc([N+](=O)[O-])ccc3-c3c2cc([N+](=O)[O-])cc3[N+](=O)[O-])cc1. The van der Waals surface area contributed by atoms with Crippen molar-refractivity contribution in [2.45, 2.75) is 0 Å². The van der Waals surface area contributed by atoms with Gasteiger partial charge in [-0.15, -0.1) is 0 Å².